The van der Waals surface area contributed by atoms with Gasteiger partial charge in [-0.1, -0.05) is 37.6 Å². The van der Waals surface area contributed by atoms with Gasteiger partial charge in [-0.3, -0.25) is 0 Å². The van der Waals surface area contributed by atoms with Crippen LogP contribution in [-0.4, -0.2) is 44.6 Å². The molecule has 0 spiro atoms. The molecule has 6 heteroatoms. The van der Waals surface area contributed by atoms with Crippen molar-refractivity contribution in [1.29, 1.82) is 0 Å². The Labute approximate surface area is 183 Å². The molecule has 0 fully saturated rings. The molecule has 2 atom stereocenters. The van der Waals surface area contributed by atoms with E-state index >= 15 is 0 Å². The molecule has 0 aliphatic carbocycles. The Hall–Kier alpha value is -1.34. The lowest BCUT2D eigenvalue weighted by atomic mass is 10.1. The molecular weight excluding hydrogens is 402 g/mol. The number of para-hydroxylation sites is 2. The zero-order valence-electron chi connectivity index (χ0n) is 17.5. The normalized spacial score (nSPS) is 17.1. The third-order valence-corrected chi connectivity index (χ3v) is 7.46. The maximum atomic E-state index is 6.01. The molecule has 1 aliphatic rings. The van der Waals surface area contributed by atoms with Crippen LogP contribution in [0.2, 0.25) is 0 Å². The lowest BCUT2D eigenvalue weighted by molar-refractivity contribution is 0.0486. The molecule has 0 saturated heterocycles. The standard InChI is InChI=1S/C23H31NO3S2/c1-4-18(14-28-22-11-7-8-17(2)23(22)27-16-25-3)12-24-19-13-26-20-9-5-6-10-21(20)29-15-19/h5-11,18-19,24H,4,12-16H2,1-3H3/t18-,19?/m1/s1. The van der Waals surface area contributed by atoms with Gasteiger partial charge < -0.3 is 19.5 Å². The maximum Gasteiger partial charge on any atom is 0.188 e. The summed E-state index contributed by atoms with van der Waals surface area (Å²) in [6.07, 6.45) is 1.14. The van der Waals surface area contributed by atoms with Gasteiger partial charge in [-0.2, -0.15) is 0 Å². The Balaban J connectivity index is 1.50. The van der Waals surface area contributed by atoms with E-state index in [1.807, 2.05) is 29.6 Å². The number of nitrogens with one attached hydrogen (secondary N) is 1. The van der Waals surface area contributed by atoms with E-state index in [2.05, 4.69) is 55.6 Å². The quantitative estimate of drug-likeness (QED) is 0.408. The highest BCUT2D eigenvalue weighted by molar-refractivity contribution is 7.99. The molecule has 158 valence electrons. The summed E-state index contributed by atoms with van der Waals surface area (Å²) in [5.74, 6) is 4.62. The Morgan fingerprint density at radius 1 is 1.24 bits per heavy atom. The van der Waals surface area contributed by atoms with Crippen molar-refractivity contribution in [1.82, 2.24) is 5.32 Å². The Morgan fingerprint density at radius 2 is 2.10 bits per heavy atom. The van der Waals surface area contributed by atoms with Gasteiger partial charge in [-0.05, 0) is 43.1 Å². The Morgan fingerprint density at radius 3 is 2.93 bits per heavy atom. The Kier molecular flexibility index (Phi) is 9.05. The van der Waals surface area contributed by atoms with Gasteiger partial charge in [0.15, 0.2) is 6.79 Å². The number of methoxy groups -OCH3 is 1. The van der Waals surface area contributed by atoms with Crippen LogP contribution < -0.4 is 14.8 Å². The number of rotatable bonds is 10. The average Bonchev–Trinajstić information content (AvgIpc) is 2.96. The monoisotopic (exact) mass is 433 g/mol. The van der Waals surface area contributed by atoms with E-state index < -0.39 is 0 Å². The minimum atomic E-state index is 0.277. The number of hydrogen-bond donors (Lipinski definition) is 1. The molecule has 1 N–H and O–H groups in total. The fraction of sp³-hybridized carbons (Fsp3) is 0.478. The molecule has 0 radical (unpaired) electrons. The van der Waals surface area contributed by atoms with Crippen LogP contribution in [0.4, 0.5) is 0 Å². The first-order valence-electron chi connectivity index (χ1n) is 10.1. The van der Waals surface area contributed by atoms with Crippen molar-refractivity contribution in [2.24, 2.45) is 5.92 Å². The molecule has 4 nitrogen and oxygen atoms in total. The predicted octanol–water partition coefficient (Wildman–Crippen LogP) is 5.24. The van der Waals surface area contributed by atoms with Crippen molar-refractivity contribution in [3.05, 3.63) is 48.0 Å². The topological polar surface area (TPSA) is 39.7 Å². The molecule has 0 amide bonds. The number of ether oxygens (including phenoxy) is 3. The zero-order valence-corrected chi connectivity index (χ0v) is 19.1. The number of benzene rings is 2. The highest BCUT2D eigenvalue weighted by Crippen LogP contribution is 2.34. The van der Waals surface area contributed by atoms with Gasteiger partial charge in [0.1, 0.15) is 18.1 Å². The van der Waals surface area contributed by atoms with Crippen molar-refractivity contribution in [2.45, 2.75) is 36.1 Å². The van der Waals surface area contributed by atoms with E-state index in [1.165, 1.54) is 9.79 Å². The third kappa shape index (κ3) is 6.57. The minimum Gasteiger partial charge on any atom is -0.491 e. The van der Waals surface area contributed by atoms with E-state index in [-0.39, 0.29) is 6.79 Å². The van der Waals surface area contributed by atoms with Crippen LogP contribution in [0, 0.1) is 12.8 Å². The summed E-state index contributed by atoms with van der Waals surface area (Å²) in [5.41, 5.74) is 1.14. The number of fused-ring (bicyclic) bond motifs is 1. The van der Waals surface area contributed by atoms with Crippen LogP contribution >= 0.6 is 23.5 Å². The number of hydrogen-bond acceptors (Lipinski definition) is 6. The first-order valence-corrected chi connectivity index (χ1v) is 12.1. The fourth-order valence-electron chi connectivity index (χ4n) is 3.14. The summed E-state index contributed by atoms with van der Waals surface area (Å²) in [5, 5.41) is 3.73. The lowest BCUT2D eigenvalue weighted by Gasteiger charge is -2.21. The number of aryl methyl sites for hydroxylation is 1. The zero-order chi connectivity index (χ0) is 20.5. The van der Waals surface area contributed by atoms with Crippen molar-refractivity contribution < 1.29 is 14.2 Å². The van der Waals surface area contributed by atoms with Gasteiger partial charge in [0.05, 0.1) is 6.04 Å². The van der Waals surface area contributed by atoms with Crippen LogP contribution in [0.3, 0.4) is 0 Å². The van der Waals surface area contributed by atoms with Gasteiger partial charge >= 0.3 is 0 Å². The van der Waals surface area contributed by atoms with E-state index in [0.29, 0.717) is 12.0 Å². The second kappa shape index (κ2) is 11.7. The third-order valence-electron chi connectivity index (χ3n) is 4.97. The SMILES string of the molecule is CC[C@H](CNC1COc2ccccc2SC1)CSc1cccc(C)c1OCOC. The summed E-state index contributed by atoms with van der Waals surface area (Å²) >= 11 is 3.75. The molecule has 1 aliphatic heterocycles. The summed E-state index contributed by atoms with van der Waals surface area (Å²) in [6, 6.07) is 15.0. The first-order chi connectivity index (χ1) is 14.2. The van der Waals surface area contributed by atoms with Gasteiger partial charge in [0.25, 0.3) is 0 Å². The molecule has 0 aromatic heterocycles. The van der Waals surface area contributed by atoms with Crippen LogP contribution in [0.15, 0.2) is 52.3 Å². The second-order valence-corrected chi connectivity index (χ2v) is 9.34. The molecule has 29 heavy (non-hydrogen) atoms. The molecule has 2 aromatic carbocycles. The highest BCUT2D eigenvalue weighted by Gasteiger charge is 2.19. The van der Waals surface area contributed by atoms with E-state index in [0.717, 1.165) is 48.1 Å². The van der Waals surface area contributed by atoms with E-state index in [9.17, 15) is 0 Å². The summed E-state index contributed by atoms with van der Waals surface area (Å²) in [4.78, 5) is 2.42. The first kappa shape index (κ1) is 22.3. The van der Waals surface area contributed by atoms with Crippen molar-refractivity contribution in [2.75, 3.05) is 38.6 Å². The van der Waals surface area contributed by atoms with Crippen LogP contribution in [0.5, 0.6) is 11.5 Å². The molecule has 0 saturated carbocycles. The maximum absolute atomic E-state index is 6.01. The van der Waals surface area contributed by atoms with Crippen molar-refractivity contribution in [3.63, 3.8) is 0 Å². The summed E-state index contributed by atoms with van der Waals surface area (Å²) in [6.45, 7) is 6.34. The molecule has 2 aromatic rings. The fourth-order valence-corrected chi connectivity index (χ4v) is 5.47. The van der Waals surface area contributed by atoms with E-state index in [4.69, 9.17) is 14.2 Å². The minimum absolute atomic E-state index is 0.277. The summed E-state index contributed by atoms with van der Waals surface area (Å²) in [7, 11) is 1.65. The largest absolute Gasteiger partial charge is 0.491 e. The van der Waals surface area contributed by atoms with Gasteiger partial charge in [0.2, 0.25) is 0 Å². The predicted molar refractivity (Wildman–Crippen MR) is 123 cm³/mol. The van der Waals surface area contributed by atoms with Crippen molar-refractivity contribution in [3.8, 4) is 11.5 Å². The number of thioether (sulfide) groups is 2. The van der Waals surface area contributed by atoms with Gasteiger partial charge in [0, 0.05) is 28.4 Å². The van der Waals surface area contributed by atoms with Gasteiger partial charge in [-0.25, -0.2) is 0 Å². The smallest absolute Gasteiger partial charge is 0.188 e. The molecular formula is C23H31NO3S2. The molecule has 1 heterocycles. The highest BCUT2D eigenvalue weighted by atomic mass is 32.2. The molecule has 0 bridgehead atoms. The van der Waals surface area contributed by atoms with Crippen LogP contribution in [0.25, 0.3) is 0 Å². The van der Waals surface area contributed by atoms with Crippen LogP contribution in [0.1, 0.15) is 18.9 Å². The Bertz CT molecular complexity index is 745. The molecule has 1 unspecified atom stereocenters. The second-order valence-electron chi connectivity index (χ2n) is 7.21. The lowest BCUT2D eigenvalue weighted by Crippen LogP contribution is -2.39. The molecule has 3 rings (SSSR count). The summed E-state index contributed by atoms with van der Waals surface area (Å²) < 4.78 is 16.9. The van der Waals surface area contributed by atoms with Crippen molar-refractivity contribution >= 4 is 23.5 Å². The van der Waals surface area contributed by atoms with Crippen LogP contribution in [-0.2, 0) is 4.74 Å². The van der Waals surface area contributed by atoms with Gasteiger partial charge in [-0.15, -0.1) is 23.5 Å². The van der Waals surface area contributed by atoms with E-state index in [1.54, 1.807) is 7.11 Å². The average molecular weight is 434 g/mol.